The van der Waals surface area contributed by atoms with Crippen molar-refractivity contribution in [1.82, 2.24) is 4.68 Å². The van der Waals surface area contributed by atoms with Crippen molar-refractivity contribution in [3.63, 3.8) is 0 Å². The quantitative estimate of drug-likeness (QED) is 0.722. The Morgan fingerprint density at radius 3 is 1.50 bits per heavy atom. The van der Waals surface area contributed by atoms with Gasteiger partial charge in [0.2, 0.25) is 0 Å². The molecule has 3 heteroatoms. The lowest BCUT2D eigenvalue weighted by Crippen LogP contribution is -2.17. The molecule has 0 unspecified atom stereocenters. The van der Waals surface area contributed by atoms with Crippen LogP contribution in [0.4, 0.5) is 0 Å². The summed E-state index contributed by atoms with van der Waals surface area (Å²) < 4.78 is 1.44. The number of nitrogens with two attached hydrogens (primary N) is 1. The Morgan fingerprint density at radius 2 is 1.10 bits per heavy atom. The van der Waals surface area contributed by atoms with Crippen LogP contribution in [0.3, 0.4) is 0 Å². The third-order valence-corrected chi connectivity index (χ3v) is 3.22. The molecule has 0 spiro atoms. The minimum Gasteiger partial charge on any atom is -0.340 e. The van der Waals surface area contributed by atoms with Gasteiger partial charge in [-0.15, -0.1) is 0 Å². The van der Waals surface area contributed by atoms with Crippen LogP contribution < -0.4 is 11.3 Å². The van der Waals surface area contributed by atoms with Crippen molar-refractivity contribution < 1.29 is 0 Å². The minimum atomic E-state index is -0.0101. The van der Waals surface area contributed by atoms with E-state index >= 15 is 0 Å². The van der Waals surface area contributed by atoms with Crippen LogP contribution in [0.5, 0.6) is 0 Å². The highest BCUT2D eigenvalue weighted by Crippen LogP contribution is 2.20. The average Bonchev–Trinajstić information content (AvgIpc) is 2.51. The van der Waals surface area contributed by atoms with Crippen LogP contribution in [0, 0.1) is 0 Å². The number of nitrogens with zero attached hydrogens (tertiary/aromatic N) is 1. The van der Waals surface area contributed by atoms with Crippen molar-refractivity contribution >= 4 is 0 Å². The van der Waals surface area contributed by atoms with Crippen molar-refractivity contribution in [2.24, 2.45) is 0 Å². The third kappa shape index (κ3) is 2.21. The highest BCUT2D eigenvalue weighted by atomic mass is 16.1. The van der Waals surface area contributed by atoms with Crippen LogP contribution in [0.15, 0.2) is 77.9 Å². The maximum Gasteiger partial charge on any atom is 0.197 e. The zero-order valence-corrected chi connectivity index (χ0v) is 10.9. The normalized spacial score (nSPS) is 10.4. The first-order valence-electron chi connectivity index (χ1n) is 6.38. The summed E-state index contributed by atoms with van der Waals surface area (Å²) in [5.74, 6) is 5.88. The van der Waals surface area contributed by atoms with Gasteiger partial charge >= 0.3 is 0 Å². The lowest BCUT2D eigenvalue weighted by Gasteiger charge is -2.08. The lowest BCUT2D eigenvalue weighted by atomic mass is 10.0. The second-order valence-corrected chi connectivity index (χ2v) is 4.59. The molecule has 0 atom stereocenters. The molecular formula is C17H14N2O. The van der Waals surface area contributed by atoms with Crippen LogP contribution in [0.25, 0.3) is 22.3 Å². The van der Waals surface area contributed by atoms with E-state index in [4.69, 9.17) is 5.84 Å². The molecule has 0 radical (unpaired) electrons. The molecule has 3 aromatic rings. The predicted octanol–water partition coefficient (Wildman–Crippen LogP) is 2.90. The van der Waals surface area contributed by atoms with Crippen LogP contribution in [-0.2, 0) is 0 Å². The average molecular weight is 262 g/mol. The van der Waals surface area contributed by atoms with Gasteiger partial charge in [-0.2, -0.15) is 0 Å². The molecular weight excluding hydrogens is 248 g/mol. The van der Waals surface area contributed by atoms with E-state index in [0.717, 1.165) is 11.1 Å². The second kappa shape index (κ2) is 5.05. The van der Waals surface area contributed by atoms with Crippen molar-refractivity contribution in [3.05, 3.63) is 83.3 Å². The number of benzene rings is 2. The van der Waals surface area contributed by atoms with Gasteiger partial charge in [-0.25, -0.2) is 0 Å². The molecule has 98 valence electrons. The zero-order chi connectivity index (χ0) is 13.9. The molecule has 0 bridgehead atoms. The molecule has 0 saturated heterocycles. The Bertz CT molecular complexity index is 713. The molecule has 0 aliphatic heterocycles. The van der Waals surface area contributed by atoms with Gasteiger partial charge in [0.25, 0.3) is 0 Å². The lowest BCUT2D eigenvalue weighted by molar-refractivity contribution is 0.988. The molecule has 0 saturated carbocycles. The molecule has 0 amide bonds. The Hall–Kier alpha value is -2.81. The number of nitrogen functional groups attached to an aromatic ring is 1. The van der Waals surface area contributed by atoms with E-state index in [1.54, 1.807) is 12.4 Å². The summed E-state index contributed by atoms with van der Waals surface area (Å²) in [5.41, 5.74) is 2.94. The smallest absolute Gasteiger partial charge is 0.197 e. The van der Waals surface area contributed by atoms with E-state index in [-0.39, 0.29) is 5.43 Å². The fourth-order valence-corrected chi connectivity index (χ4v) is 2.24. The largest absolute Gasteiger partial charge is 0.340 e. The van der Waals surface area contributed by atoms with Crippen molar-refractivity contribution in [2.45, 2.75) is 0 Å². The number of hydrogen-bond acceptors (Lipinski definition) is 2. The summed E-state index contributed by atoms with van der Waals surface area (Å²) in [5, 5.41) is 0. The van der Waals surface area contributed by atoms with Gasteiger partial charge in [0.05, 0.1) is 0 Å². The topological polar surface area (TPSA) is 48.0 Å². The van der Waals surface area contributed by atoms with E-state index < -0.39 is 0 Å². The van der Waals surface area contributed by atoms with Crippen LogP contribution >= 0.6 is 0 Å². The molecule has 3 nitrogen and oxygen atoms in total. The number of rotatable bonds is 2. The van der Waals surface area contributed by atoms with E-state index in [1.807, 2.05) is 60.7 Å². The summed E-state index contributed by atoms with van der Waals surface area (Å²) in [6, 6.07) is 19.1. The van der Waals surface area contributed by atoms with E-state index in [9.17, 15) is 4.79 Å². The van der Waals surface area contributed by atoms with Gasteiger partial charge in [-0.3, -0.25) is 9.47 Å². The highest BCUT2D eigenvalue weighted by molar-refractivity contribution is 5.71. The standard InChI is InChI=1S/C17H14N2O/c18-19-11-15(13-7-3-1-4-8-13)17(20)16(12-19)14-9-5-2-6-10-14/h1-12H,18H2. The molecule has 3 rings (SSSR count). The maximum atomic E-state index is 12.7. The van der Waals surface area contributed by atoms with Crippen LogP contribution in [0.1, 0.15) is 0 Å². The second-order valence-electron chi connectivity index (χ2n) is 4.59. The third-order valence-electron chi connectivity index (χ3n) is 3.22. The number of hydrogen-bond donors (Lipinski definition) is 1. The van der Waals surface area contributed by atoms with Crippen molar-refractivity contribution in [1.29, 1.82) is 0 Å². The number of pyridine rings is 1. The Morgan fingerprint density at radius 1 is 0.700 bits per heavy atom. The molecule has 0 aliphatic carbocycles. The molecule has 0 aliphatic rings. The molecule has 20 heavy (non-hydrogen) atoms. The molecule has 1 heterocycles. The monoisotopic (exact) mass is 262 g/mol. The van der Waals surface area contributed by atoms with E-state index in [0.29, 0.717) is 11.1 Å². The first kappa shape index (κ1) is 12.2. The fraction of sp³-hybridized carbons (Fsp3) is 0. The van der Waals surface area contributed by atoms with Gasteiger partial charge < -0.3 is 5.84 Å². The SMILES string of the molecule is Nn1cc(-c2ccccc2)c(=O)c(-c2ccccc2)c1. The van der Waals surface area contributed by atoms with E-state index in [2.05, 4.69) is 0 Å². The Kier molecular flexibility index (Phi) is 3.09. The first-order valence-corrected chi connectivity index (χ1v) is 6.38. The Balaban J connectivity index is 2.25. The number of aromatic nitrogens is 1. The molecule has 0 fully saturated rings. The zero-order valence-electron chi connectivity index (χ0n) is 10.9. The van der Waals surface area contributed by atoms with Crippen LogP contribution in [0.2, 0.25) is 0 Å². The fourth-order valence-electron chi connectivity index (χ4n) is 2.24. The summed E-state index contributed by atoms with van der Waals surface area (Å²) in [6.45, 7) is 0. The summed E-state index contributed by atoms with van der Waals surface area (Å²) in [7, 11) is 0. The first-order chi connectivity index (χ1) is 9.75. The van der Waals surface area contributed by atoms with Crippen LogP contribution in [-0.4, -0.2) is 4.68 Å². The minimum absolute atomic E-state index is 0.0101. The van der Waals surface area contributed by atoms with Crippen molar-refractivity contribution in [2.75, 3.05) is 5.84 Å². The summed E-state index contributed by atoms with van der Waals surface area (Å²) >= 11 is 0. The molecule has 2 N–H and O–H groups in total. The maximum absolute atomic E-state index is 12.7. The summed E-state index contributed by atoms with van der Waals surface area (Å²) in [6.07, 6.45) is 3.31. The van der Waals surface area contributed by atoms with Gasteiger partial charge in [0, 0.05) is 23.5 Å². The highest BCUT2D eigenvalue weighted by Gasteiger charge is 2.10. The predicted molar refractivity (Wildman–Crippen MR) is 81.7 cm³/mol. The summed E-state index contributed by atoms with van der Waals surface area (Å²) in [4.78, 5) is 12.7. The molecule has 1 aromatic heterocycles. The Labute approximate surface area is 116 Å². The molecule has 2 aromatic carbocycles. The van der Waals surface area contributed by atoms with Gasteiger partial charge in [-0.1, -0.05) is 60.7 Å². The van der Waals surface area contributed by atoms with Crippen molar-refractivity contribution in [3.8, 4) is 22.3 Å². The van der Waals surface area contributed by atoms with E-state index in [1.165, 1.54) is 4.68 Å². The van der Waals surface area contributed by atoms with Gasteiger partial charge in [0.15, 0.2) is 5.43 Å². The van der Waals surface area contributed by atoms with Gasteiger partial charge in [0.1, 0.15) is 0 Å². The van der Waals surface area contributed by atoms with Gasteiger partial charge in [-0.05, 0) is 11.1 Å².